The van der Waals surface area contributed by atoms with Crippen molar-refractivity contribution >= 4 is 5.91 Å². The fraction of sp³-hybridized carbons (Fsp3) is 0.364. The predicted molar refractivity (Wildman–Crippen MR) is 57.1 cm³/mol. The Morgan fingerprint density at radius 1 is 1.32 bits per heavy atom. The second kappa shape index (κ2) is 5.87. The number of aliphatic hydroxyl groups excluding tert-OH is 1. The van der Waals surface area contributed by atoms with Crippen LogP contribution in [0.3, 0.4) is 0 Å². The summed E-state index contributed by atoms with van der Waals surface area (Å²) in [5.41, 5.74) is -0.601. The van der Waals surface area contributed by atoms with Crippen LogP contribution in [0.25, 0.3) is 0 Å². The first kappa shape index (κ1) is 15.2. The molecule has 0 aliphatic carbocycles. The maximum atomic E-state index is 13.4. The summed E-state index contributed by atoms with van der Waals surface area (Å²) < 4.78 is 50.2. The van der Waals surface area contributed by atoms with Crippen molar-refractivity contribution in [2.45, 2.75) is 6.18 Å². The molecule has 1 aromatic carbocycles. The van der Waals surface area contributed by atoms with E-state index >= 15 is 0 Å². The molecule has 0 aromatic heterocycles. The van der Waals surface area contributed by atoms with Crippen LogP contribution in [0.4, 0.5) is 17.6 Å². The van der Waals surface area contributed by atoms with Gasteiger partial charge >= 0.3 is 6.18 Å². The lowest BCUT2D eigenvalue weighted by molar-refractivity contribution is -0.141. The van der Waals surface area contributed by atoms with Crippen molar-refractivity contribution < 1.29 is 32.6 Å². The zero-order valence-corrected chi connectivity index (χ0v) is 9.62. The second-order valence-electron chi connectivity index (χ2n) is 3.73. The number of carbonyl (C=O) groups is 1. The Morgan fingerprint density at radius 2 is 1.95 bits per heavy atom. The van der Waals surface area contributed by atoms with E-state index in [-0.39, 0.29) is 4.90 Å². The van der Waals surface area contributed by atoms with Gasteiger partial charge in [0.25, 0.3) is 5.91 Å². The number of aliphatic hydroxyl groups is 1. The van der Waals surface area contributed by atoms with Crippen molar-refractivity contribution in [1.82, 2.24) is 4.90 Å². The molecule has 0 spiro atoms. The molecule has 0 heterocycles. The third-order valence-electron chi connectivity index (χ3n) is 2.21. The molecule has 0 unspecified atom stereocenters. The molecule has 4 nitrogen and oxygen atoms in total. The summed E-state index contributed by atoms with van der Waals surface area (Å²) in [6, 6.07) is 2.49. The highest BCUT2D eigenvalue weighted by atomic mass is 19.4. The van der Waals surface area contributed by atoms with Crippen LogP contribution >= 0.6 is 0 Å². The Morgan fingerprint density at radius 3 is 2.42 bits per heavy atom. The lowest BCUT2D eigenvalue weighted by atomic mass is 10.1. The maximum Gasteiger partial charge on any atom is 0.406 e. The van der Waals surface area contributed by atoms with E-state index in [1.807, 2.05) is 0 Å². The van der Waals surface area contributed by atoms with Gasteiger partial charge in [0.1, 0.15) is 18.1 Å². The molecular weight excluding hydrogens is 270 g/mol. The Hall–Kier alpha value is -1.83. The molecule has 19 heavy (non-hydrogen) atoms. The van der Waals surface area contributed by atoms with Crippen LogP contribution in [0, 0.1) is 5.82 Å². The molecule has 0 aliphatic rings. The summed E-state index contributed by atoms with van der Waals surface area (Å²) in [5, 5.41) is 17.6. The molecule has 0 fully saturated rings. The number of benzene rings is 1. The van der Waals surface area contributed by atoms with E-state index in [0.717, 1.165) is 12.1 Å². The first-order chi connectivity index (χ1) is 8.74. The highest BCUT2D eigenvalue weighted by Crippen LogP contribution is 2.20. The summed E-state index contributed by atoms with van der Waals surface area (Å²) in [7, 11) is 0. The maximum absolute atomic E-state index is 13.4. The number of rotatable bonds is 4. The third-order valence-corrected chi connectivity index (χ3v) is 2.21. The number of alkyl halides is 3. The number of phenolic OH excluding ortho intramolecular Hbond substituents is 1. The molecule has 2 N–H and O–H groups in total. The van der Waals surface area contributed by atoms with Crippen molar-refractivity contribution in [2.24, 2.45) is 0 Å². The van der Waals surface area contributed by atoms with E-state index in [2.05, 4.69) is 0 Å². The smallest absolute Gasteiger partial charge is 0.406 e. The van der Waals surface area contributed by atoms with E-state index < -0.39 is 48.9 Å². The van der Waals surface area contributed by atoms with Gasteiger partial charge in [-0.05, 0) is 12.1 Å². The summed E-state index contributed by atoms with van der Waals surface area (Å²) in [6.45, 7) is -2.84. The minimum Gasteiger partial charge on any atom is -0.508 e. The summed E-state index contributed by atoms with van der Waals surface area (Å²) in [6.07, 6.45) is -4.65. The van der Waals surface area contributed by atoms with E-state index in [4.69, 9.17) is 10.2 Å². The number of hydrogen-bond acceptors (Lipinski definition) is 3. The third kappa shape index (κ3) is 4.40. The Labute approximate surface area is 105 Å². The van der Waals surface area contributed by atoms with Crippen LogP contribution < -0.4 is 0 Å². The molecule has 1 amide bonds. The summed E-state index contributed by atoms with van der Waals surface area (Å²) >= 11 is 0. The fourth-order valence-electron chi connectivity index (χ4n) is 1.44. The Bertz CT molecular complexity index is 462. The van der Waals surface area contributed by atoms with Gasteiger partial charge in [0.05, 0.1) is 12.2 Å². The number of carbonyl (C=O) groups excluding carboxylic acids is 1. The van der Waals surface area contributed by atoms with Gasteiger partial charge in [0.15, 0.2) is 0 Å². The monoisotopic (exact) mass is 281 g/mol. The molecule has 1 aromatic rings. The number of hydrogen-bond donors (Lipinski definition) is 2. The molecule has 0 saturated heterocycles. The van der Waals surface area contributed by atoms with Gasteiger partial charge in [0, 0.05) is 12.6 Å². The average Bonchev–Trinajstić information content (AvgIpc) is 2.26. The number of halogens is 4. The van der Waals surface area contributed by atoms with Crippen molar-refractivity contribution in [2.75, 3.05) is 19.7 Å². The zero-order valence-electron chi connectivity index (χ0n) is 9.62. The molecule has 0 bridgehead atoms. The average molecular weight is 281 g/mol. The van der Waals surface area contributed by atoms with Crippen molar-refractivity contribution in [1.29, 1.82) is 0 Å². The normalized spacial score (nSPS) is 11.4. The predicted octanol–water partition coefficient (Wildman–Crippen LogP) is 1.53. The van der Waals surface area contributed by atoms with Crippen molar-refractivity contribution in [3.05, 3.63) is 29.6 Å². The lowest BCUT2D eigenvalue weighted by Gasteiger charge is -2.23. The first-order valence-electron chi connectivity index (χ1n) is 5.20. The zero-order chi connectivity index (χ0) is 14.6. The minimum atomic E-state index is -4.65. The van der Waals surface area contributed by atoms with Crippen LogP contribution in [0.2, 0.25) is 0 Å². The van der Waals surface area contributed by atoms with E-state index in [9.17, 15) is 22.4 Å². The number of nitrogens with zero attached hydrogens (tertiary/aromatic N) is 1. The van der Waals surface area contributed by atoms with Crippen LogP contribution in [-0.2, 0) is 0 Å². The summed E-state index contributed by atoms with van der Waals surface area (Å²) in [5.74, 6) is -2.78. The molecule has 0 radical (unpaired) electrons. The topological polar surface area (TPSA) is 60.8 Å². The van der Waals surface area contributed by atoms with Gasteiger partial charge in [0.2, 0.25) is 0 Å². The van der Waals surface area contributed by atoms with Crippen LogP contribution in [0.5, 0.6) is 5.75 Å². The van der Waals surface area contributed by atoms with Gasteiger partial charge < -0.3 is 15.1 Å². The van der Waals surface area contributed by atoms with Crippen LogP contribution in [-0.4, -0.2) is 46.9 Å². The quantitative estimate of drug-likeness (QED) is 0.823. The van der Waals surface area contributed by atoms with Gasteiger partial charge in [-0.2, -0.15) is 13.2 Å². The van der Waals surface area contributed by atoms with Gasteiger partial charge in [-0.3, -0.25) is 4.79 Å². The van der Waals surface area contributed by atoms with Gasteiger partial charge in [-0.1, -0.05) is 0 Å². The van der Waals surface area contributed by atoms with Gasteiger partial charge in [-0.15, -0.1) is 0 Å². The summed E-state index contributed by atoms with van der Waals surface area (Å²) in [4.78, 5) is 12.0. The highest BCUT2D eigenvalue weighted by Gasteiger charge is 2.33. The Balaban J connectivity index is 2.99. The van der Waals surface area contributed by atoms with Crippen molar-refractivity contribution in [3.63, 3.8) is 0 Å². The standard InChI is InChI=1S/C11H11F4NO3/c12-9-5-7(18)1-2-8(9)10(19)16(3-4-17)6-11(13,14)15/h1-2,5,17-18H,3-4,6H2. The first-order valence-corrected chi connectivity index (χ1v) is 5.20. The van der Waals surface area contributed by atoms with Crippen LogP contribution in [0.1, 0.15) is 10.4 Å². The molecule has 0 saturated carbocycles. The van der Waals surface area contributed by atoms with Gasteiger partial charge in [-0.25, -0.2) is 4.39 Å². The minimum absolute atomic E-state index is 0.287. The van der Waals surface area contributed by atoms with Crippen LogP contribution in [0.15, 0.2) is 18.2 Å². The molecule has 0 atom stereocenters. The van der Waals surface area contributed by atoms with E-state index in [1.165, 1.54) is 0 Å². The Kier molecular flexibility index (Phi) is 4.71. The number of amides is 1. The van der Waals surface area contributed by atoms with E-state index in [1.54, 1.807) is 0 Å². The van der Waals surface area contributed by atoms with E-state index in [0.29, 0.717) is 6.07 Å². The fourth-order valence-corrected chi connectivity index (χ4v) is 1.44. The molecular formula is C11H11F4NO3. The highest BCUT2D eigenvalue weighted by molar-refractivity contribution is 5.94. The number of phenols is 1. The SMILES string of the molecule is O=C(c1ccc(O)cc1F)N(CCO)CC(F)(F)F. The molecule has 8 heteroatoms. The second-order valence-corrected chi connectivity index (χ2v) is 3.73. The lowest BCUT2D eigenvalue weighted by Crippen LogP contribution is -2.41. The number of aromatic hydroxyl groups is 1. The molecule has 0 aliphatic heterocycles. The molecule has 1 rings (SSSR count). The van der Waals surface area contributed by atoms with Crippen molar-refractivity contribution in [3.8, 4) is 5.75 Å². The largest absolute Gasteiger partial charge is 0.508 e. The molecule has 106 valence electrons.